The van der Waals surface area contributed by atoms with Gasteiger partial charge in [-0.25, -0.2) is 0 Å². The Morgan fingerprint density at radius 3 is 2.66 bits per heavy atom. The first kappa shape index (κ1) is 21.5. The van der Waals surface area contributed by atoms with E-state index in [2.05, 4.69) is 5.43 Å². The van der Waals surface area contributed by atoms with Gasteiger partial charge in [0.25, 0.3) is 11.8 Å². The normalized spacial score (nSPS) is 18.3. The average molecular weight is 475 g/mol. The van der Waals surface area contributed by atoms with Crippen LogP contribution >= 0.6 is 0 Å². The average Bonchev–Trinajstić information content (AvgIpc) is 3.55. The summed E-state index contributed by atoms with van der Waals surface area (Å²) in [4.78, 5) is 29.4. The molecular formula is C26H26N4O5. The predicted octanol–water partition coefficient (Wildman–Crippen LogP) is 2.51. The number of fused-ring (bicyclic) bond motifs is 2. The molecule has 4 heterocycles. The van der Waals surface area contributed by atoms with Gasteiger partial charge in [-0.2, -0.15) is 0 Å². The second kappa shape index (κ2) is 8.35. The summed E-state index contributed by atoms with van der Waals surface area (Å²) in [7, 11) is 0. The van der Waals surface area contributed by atoms with Gasteiger partial charge in [-0.1, -0.05) is 18.2 Å². The Morgan fingerprint density at radius 2 is 1.80 bits per heavy atom. The van der Waals surface area contributed by atoms with Gasteiger partial charge in [0, 0.05) is 24.8 Å². The number of aromatic nitrogens is 1. The van der Waals surface area contributed by atoms with Crippen molar-refractivity contribution in [3.63, 3.8) is 0 Å². The molecule has 0 bridgehead atoms. The van der Waals surface area contributed by atoms with Crippen molar-refractivity contribution in [2.75, 3.05) is 38.5 Å². The van der Waals surface area contributed by atoms with E-state index in [0.29, 0.717) is 49.6 Å². The number of hydrogen-bond acceptors (Lipinski definition) is 6. The third kappa shape index (κ3) is 3.97. The Balaban J connectivity index is 1.11. The highest BCUT2D eigenvalue weighted by molar-refractivity contribution is 5.96. The van der Waals surface area contributed by atoms with E-state index in [1.165, 1.54) is 0 Å². The first-order chi connectivity index (χ1) is 17.0. The molecule has 3 aliphatic heterocycles. The Kier molecular flexibility index (Phi) is 5.14. The number of nitrogens with zero attached hydrogens (tertiary/aromatic N) is 3. The van der Waals surface area contributed by atoms with E-state index in [9.17, 15) is 14.7 Å². The third-order valence-electron chi connectivity index (χ3n) is 6.97. The maximum Gasteiger partial charge on any atom is 0.273 e. The van der Waals surface area contributed by atoms with E-state index in [1.807, 2.05) is 48.5 Å². The summed E-state index contributed by atoms with van der Waals surface area (Å²) >= 11 is 0. The van der Waals surface area contributed by atoms with Crippen LogP contribution in [0.15, 0.2) is 60.8 Å². The van der Waals surface area contributed by atoms with E-state index in [4.69, 9.17) is 9.47 Å². The van der Waals surface area contributed by atoms with Crippen molar-refractivity contribution in [1.29, 1.82) is 0 Å². The highest BCUT2D eigenvalue weighted by Crippen LogP contribution is 2.36. The van der Waals surface area contributed by atoms with Gasteiger partial charge in [0.2, 0.25) is 6.79 Å². The smallest absolute Gasteiger partial charge is 0.273 e. The van der Waals surface area contributed by atoms with E-state index in [-0.39, 0.29) is 25.2 Å². The SMILES string of the molecule is O=C(c1cccc(-c2ccc3c(c2)OCO3)c1)N1CCC(O)(CN2CNn3cccc3C2=O)CC1. The number of β-amino-alcohol motifs (C(OH)–C–C–N with tert-alkyl or cyclic N) is 1. The Hall–Kier alpha value is -3.98. The molecule has 180 valence electrons. The molecule has 35 heavy (non-hydrogen) atoms. The molecule has 9 heteroatoms. The van der Waals surface area contributed by atoms with Crippen LogP contribution in [0.2, 0.25) is 0 Å². The lowest BCUT2D eigenvalue weighted by molar-refractivity contribution is -0.0369. The van der Waals surface area contributed by atoms with Gasteiger partial charge >= 0.3 is 0 Å². The second-order valence-electron chi connectivity index (χ2n) is 9.25. The summed E-state index contributed by atoms with van der Waals surface area (Å²) in [6.07, 6.45) is 2.61. The van der Waals surface area contributed by atoms with Crippen molar-refractivity contribution < 1.29 is 24.2 Å². The van der Waals surface area contributed by atoms with Gasteiger partial charge in [-0.15, -0.1) is 0 Å². The lowest BCUT2D eigenvalue weighted by Gasteiger charge is -2.42. The lowest BCUT2D eigenvalue weighted by Crippen LogP contribution is -2.56. The van der Waals surface area contributed by atoms with Crippen molar-refractivity contribution in [2.45, 2.75) is 18.4 Å². The van der Waals surface area contributed by atoms with Crippen LogP contribution in [0.4, 0.5) is 0 Å². The summed E-state index contributed by atoms with van der Waals surface area (Å²) < 4.78 is 12.6. The summed E-state index contributed by atoms with van der Waals surface area (Å²) in [5, 5.41) is 11.2. The highest BCUT2D eigenvalue weighted by Gasteiger charge is 2.38. The van der Waals surface area contributed by atoms with Gasteiger partial charge in [-0.3, -0.25) is 14.3 Å². The van der Waals surface area contributed by atoms with E-state index in [1.54, 1.807) is 26.7 Å². The Morgan fingerprint density at radius 1 is 1.00 bits per heavy atom. The molecule has 3 aromatic rings. The number of aliphatic hydroxyl groups is 1. The molecule has 3 aliphatic rings. The largest absolute Gasteiger partial charge is 0.454 e. The van der Waals surface area contributed by atoms with E-state index >= 15 is 0 Å². The maximum absolute atomic E-state index is 13.3. The molecule has 1 fully saturated rings. The molecular weight excluding hydrogens is 448 g/mol. The number of hydrogen-bond donors (Lipinski definition) is 2. The van der Waals surface area contributed by atoms with Crippen LogP contribution in [0.5, 0.6) is 11.5 Å². The van der Waals surface area contributed by atoms with Crippen molar-refractivity contribution in [2.24, 2.45) is 0 Å². The molecule has 9 nitrogen and oxygen atoms in total. The third-order valence-corrected chi connectivity index (χ3v) is 6.97. The first-order valence-corrected chi connectivity index (χ1v) is 11.7. The number of rotatable bonds is 4. The van der Waals surface area contributed by atoms with Crippen LogP contribution in [0.25, 0.3) is 11.1 Å². The molecule has 0 radical (unpaired) electrons. The number of amides is 2. The molecule has 2 aromatic carbocycles. The molecule has 0 aliphatic carbocycles. The van der Waals surface area contributed by atoms with Gasteiger partial charge < -0.3 is 29.8 Å². The quantitative estimate of drug-likeness (QED) is 0.603. The predicted molar refractivity (Wildman–Crippen MR) is 128 cm³/mol. The van der Waals surface area contributed by atoms with E-state index in [0.717, 1.165) is 16.9 Å². The zero-order valence-corrected chi connectivity index (χ0v) is 19.1. The number of piperidine rings is 1. The van der Waals surface area contributed by atoms with Crippen molar-refractivity contribution in [3.8, 4) is 22.6 Å². The highest BCUT2D eigenvalue weighted by atomic mass is 16.7. The minimum atomic E-state index is -1.03. The fraction of sp³-hybridized carbons (Fsp3) is 0.308. The maximum atomic E-state index is 13.3. The molecule has 6 rings (SSSR count). The molecule has 2 amide bonds. The first-order valence-electron chi connectivity index (χ1n) is 11.7. The van der Waals surface area contributed by atoms with Crippen LogP contribution in [0.1, 0.15) is 33.7 Å². The number of carbonyl (C=O) groups is 2. The monoisotopic (exact) mass is 474 g/mol. The fourth-order valence-electron chi connectivity index (χ4n) is 4.95. The molecule has 1 saturated heterocycles. The molecule has 0 atom stereocenters. The fourth-order valence-corrected chi connectivity index (χ4v) is 4.95. The van der Waals surface area contributed by atoms with Gasteiger partial charge in [0.15, 0.2) is 11.5 Å². The van der Waals surface area contributed by atoms with Gasteiger partial charge in [0.1, 0.15) is 12.4 Å². The van der Waals surface area contributed by atoms with Crippen LogP contribution < -0.4 is 14.9 Å². The summed E-state index contributed by atoms with van der Waals surface area (Å²) in [6, 6.07) is 16.8. The number of ether oxygens (including phenoxy) is 2. The zero-order chi connectivity index (χ0) is 24.0. The van der Waals surface area contributed by atoms with E-state index < -0.39 is 5.60 Å². The summed E-state index contributed by atoms with van der Waals surface area (Å²) in [5.74, 6) is 1.24. The zero-order valence-electron chi connectivity index (χ0n) is 19.1. The number of benzene rings is 2. The standard InChI is InChI=1S/C26H26N4O5/c31-24(20-4-1-3-18(13-20)19-6-7-22-23(14-19)35-17-34-22)28-11-8-26(33,9-12-28)15-29-16-27-30-10-2-5-21(30)25(29)32/h1-7,10,13-14,27,33H,8-9,11-12,15-17H2. The second-order valence-corrected chi connectivity index (χ2v) is 9.25. The molecule has 0 saturated carbocycles. The number of carbonyl (C=O) groups excluding carboxylic acids is 2. The van der Waals surface area contributed by atoms with Crippen molar-refractivity contribution in [1.82, 2.24) is 14.5 Å². The lowest BCUT2D eigenvalue weighted by atomic mass is 9.90. The molecule has 0 spiro atoms. The minimum Gasteiger partial charge on any atom is -0.454 e. The molecule has 0 unspecified atom stereocenters. The van der Waals surface area contributed by atoms with Gasteiger partial charge in [-0.05, 0) is 60.4 Å². The Bertz CT molecular complexity index is 1290. The molecule has 1 aromatic heterocycles. The molecule has 2 N–H and O–H groups in total. The van der Waals surface area contributed by atoms with Crippen LogP contribution in [-0.2, 0) is 0 Å². The number of nitrogens with one attached hydrogen (secondary N) is 1. The Labute approximate surface area is 202 Å². The van der Waals surface area contributed by atoms with Gasteiger partial charge in [0.05, 0.1) is 12.1 Å². The van der Waals surface area contributed by atoms with Crippen molar-refractivity contribution in [3.05, 3.63) is 72.1 Å². The van der Waals surface area contributed by atoms with Crippen LogP contribution in [-0.4, -0.2) is 70.1 Å². The topological polar surface area (TPSA) is 96.3 Å². The summed E-state index contributed by atoms with van der Waals surface area (Å²) in [6.45, 7) is 1.63. The van der Waals surface area contributed by atoms with Crippen LogP contribution in [0.3, 0.4) is 0 Å². The number of likely N-dealkylation sites (tertiary alicyclic amines) is 1. The summed E-state index contributed by atoms with van der Waals surface area (Å²) in [5.41, 5.74) is 5.13. The van der Waals surface area contributed by atoms with Crippen LogP contribution in [0, 0.1) is 0 Å². The van der Waals surface area contributed by atoms with Crippen molar-refractivity contribution >= 4 is 11.8 Å². The minimum absolute atomic E-state index is 0.0665.